The third-order valence-electron chi connectivity index (χ3n) is 11.7. The maximum atomic E-state index is 13.3. The van der Waals surface area contributed by atoms with Crippen molar-refractivity contribution in [3.63, 3.8) is 0 Å². The molecule has 6 aromatic rings. The van der Waals surface area contributed by atoms with Crippen LogP contribution in [-0.2, 0) is 31.9 Å². The molecule has 8 rings (SSSR count). The highest BCUT2D eigenvalue weighted by atomic mass is 35.5. The maximum absolute atomic E-state index is 13.3. The summed E-state index contributed by atoms with van der Waals surface area (Å²) in [4.78, 5) is 64.3. The number of nitrogens with zero attached hydrogens (tertiary/aromatic N) is 4. The molecule has 12 nitrogen and oxygen atoms in total. The highest BCUT2D eigenvalue weighted by Crippen LogP contribution is 2.52. The van der Waals surface area contributed by atoms with Gasteiger partial charge in [-0.05, 0) is 133 Å². The summed E-state index contributed by atoms with van der Waals surface area (Å²) in [5, 5.41) is 6.05. The lowest BCUT2D eigenvalue weighted by atomic mass is 9.90. The van der Waals surface area contributed by atoms with Gasteiger partial charge < -0.3 is 20.5 Å². The first-order chi connectivity index (χ1) is 33.2. The van der Waals surface area contributed by atoms with Crippen LogP contribution in [-0.4, -0.2) is 72.3 Å². The van der Waals surface area contributed by atoms with Crippen LogP contribution >= 0.6 is 68.5 Å². The van der Waals surface area contributed by atoms with E-state index < -0.39 is 11.2 Å². The number of aromatic nitrogens is 2. The second-order valence-electron chi connectivity index (χ2n) is 18.9. The van der Waals surface area contributed by atoms with E-state index >= 15 is 0 Å². The molecule has 4 atom stereocenters. The van der Waals surface area contributed by atoms with Gasteiger partial charge in [0.2, 0.25) is 11.1 Å². The lowest BCUT2D eigenvalue weighted by molar-refractivity contribution is -0.112. The molecule has 0 aliphatic carbocycles. The van der Waals surface area contributed by atoms with Gasteiger partial charge in [-0.1, -0.05) is 58.5 Å². The minimum Gasteiger partial charge on any atom is -0.444 e. The van der Waals surface area contributed by atoms with E-state index in [2.05, 4.69) is 51.7 Å². The lowest BCUT2D eigenvalue weighted by Crippen LogP contribution is -2.48. The molecule has 0 spiro atoms. The van der Waals surface area contributed by atoms with Gasteiger partial charge in [0.1, 0.15) is 26.2 Å². The number of rotatable bonds is 10. The molecular formula is C52H64Cl2N6O6S4. The SMILES string of the molecule is C=CC(=O)Nc1sc2c(c1-c1nc3ccccc3s1)CC(CC)N(C(=O)OC(C)(C)C)C2CC.CCC1Cc2c(sc(N)c2-c2nc3ccccc3s2)C(CC)N1C(=O)OC(C)(C)C.O=C(Cl)CCCl. The molecule has 3 N–H and O–H groups in total. The molecule has 0 fully saturated rings. The van der Waals surface area contributed by atoms with E-state index in [9.17, 15) is 19.2 Å². The van der Waals surface area contributed by atoms with E-state index in [1.807, 2.05) is 87.7 Å². The summed E-state index contributed by atoms with van der Waals surface area (Å²) in [6.07, 6.45) is 5.72. The zero-order valence-electron chi connectivity index (χ0n) is 41.6. The summed E-state index contributed by atoms with van der Waals surface area (Å²) in [6, 6.07) is 16.2. The largest absolute Gasteiger partial charge is 0.444 e. The van der Waals surface area contributed by atoms with Crippen molar-refractivity contribution in [1.29, 1.82) is 0 Å². The number of carbonyl (C=O) groups excluding carboxylic acids is 4. The summed E-state index contributed by atoms with van der Waals surface area (Å²) in [7, 11) is 0. The number of halogens is 2. The number of thiazole rings is 2. The van der Waals surface area contributed by atoms with Gasteiger partial charge in [-0.15, -0.1) is 56.9 Å². The number of carbonyl (C=O) groups is 4. The number of amides is 3. The Bertz CT molecular complexity index is 2770. The Labute approximate surface area is 437 Å². The van der Waals surface area contributed by atoms with Crippen LogP contribution in [0.1, 0.15) is 134 Å². The monoisotopic (exact) mass is 1070 g/mol. The first-order valence-electron chi connectivity index (χ1n) is 23.7. The number of nitrogen functional groups attached to an aromatic ring is 1. The van der Waals surface area contributed by atoms with Crippen LogP contribution in [0.4, 0.5) is 19.6 Å². The number of alkyl halides is 1. The third kappa shape index (κ3) is 12.5. The molecule has 0 bridgehead atoms. The summed E-state index contributed by atoms with van der Waals surface area (Å²) in [5.41, 5.74) is 11.9. The number of ether oxygens (including phenoxy) is 2. The zero-order valence-corrected chi connectivity index (χ0v) is 46.4. The lowest BCUT2D eigenvalue weighted by Gasteiger charge is -2.42. The first-order valence-corrected chi connectivity index (χ1v) is 27.8. The van der Waals surface area contributed by atoms with Crippen LogP contribution in [0.5, 0.6) is 0 Å². The van der Waals surface area contributed by atoms with Gasteiger partial charge in [-0.2, -0.15) is 0 Å². The predicted molar refractivity (Wildman–Crippen MR) is 293 cm³/mol. The molecular weight excluding hydrogens is 1000 g/mol. The normalized spacial score (nSPS) is 17.7. The molecule has 3 amide bonds. The van der Waals surface area contributed by atoms with Crippen LogP contribution in [0.15, 0.2) is 61.2 Å². The fourth-order valence-electron chi connectivity index (χ4n) is 8.73. The van der Waals surface area contributed by atoms with Gasteiger partial charge in [0.05, 0.1) is 37.5 Å². The summed E-state index contributed by atoms with van der Waals surface area (Å²) in [5.74, 6) is 0.0625. The van der Waals surface area contributed by atoms with Crippen molar-refractivity contribution in [3.8, 4) is 21.1 Å². The molecule has 2 aliphatic heterocycles. The van der Waals surface area contributed by atoms with Crippen molar-refractivity contribution in [1.82, 2.24) is 19.8 Å². The average molecular weight is 1070 g/mol. The Morgan fingerprint density at radius 3 is 1.56 bits per heavy atom. The number of nitrogens with one attached hydrogen (secondary N) is 1. The topological polar surface area (TPSA) is 157 Å². The van der Waals surface area contributed by atoms with Gasteiger partial charge in [0.25, 0.3) is 0 Å². The van der Waals surface area contributed by atoms with Crippen LogP contribution in [0.3, 0.4) is 0 Å². The van der Waals surface area contributed by atoms with E-state index in [0.717, 1.165) is 88.6 Å². The van der Waals surface area contributed by atoms with Crippen LogP contribution in [0, 0.1) is 0 Å². The third-order valence-corrected chi connectivity index (χ3v) is 16.6. The van der Waals surface area contributed by atoms with Gasteiger partial charge in [-0.25, -0.2) is 19.6 Å². The van der Waals surface area contributed by atoms with E-state index in [-0.39, 0.29) is 53.9 Å². The zero-order chi connectivity index (χ0) is 51.2. The highest BCUT2D eigenvalue weighted by Gasteiger charge is 2.43. The first kappa shape index (κ1) is 54.7. The Morgan fingerprint density at radius 2 is 1.17 bits per heavy atom. The van der Waals surface area contributed by atoms with Crippen molar-refractivity contribution in [2.24, 2.45) is 0 Å². The number of para-hydroxylation sites is 2. The number of nitrogens with two attached hydrogens (primary N) is 1. The van der Waals surface area contributed by atoms with Crippen molar-refractivity contribution < 1.29 is 28.7 Å². The molecule has 2 aliphatic rings. The van der Waals surface area contributed by atoms with Gasteiger partial charge >= 0.3 is 12.2 Å². The fraction of sp³-hybridized carbons (Fsp3) is 0.462. The molecule has 4 aromatic heterocycles. The number of thiophene rings is 2. The number of fused-ring (bicyclic) bond motifs is 4. The van der Waals surface area contributed by atoms with Crippen molar-refractivity contribution in [2.75, 3.05) is 16.9 Å². The van der Waals surface area contributed by atoms with Gasteiger partial charge in [0, 0.05) is 45.3 Å². The van der Waals surface area contributed by atoms with Gasteiger partial charge in [-0.3, -0.25) is 19.4 Å². The molecule has 376 valence electrons. The van der Waals surface area contributed by atoms with Crippen LogP contribution in [0.25, 0.3) is 41.6 Å². The second kappa shape index (κ2) is 23.3. The van der Waals surface area contributed by atoms with Gasteiger partial charge in [0.15, 0.2) is 0 Å². The predicted octanol–water partition coefficient (Wildman–Crippen LogP) is 15.2. The van der Waals surface area contributed by atoms with E-state index in [0.29, 0.717) is 12.3 Å². The Kier molecular flexibility index (Phi) is 18.2. The van der Waals surface area contributed by atoms with Crippen LogP contribution < -0.4 is 11.1 Å². The highest BCUT2D eigenvalue weighted by molar-refractivity contribution is 7.23. The van der Waals surface area contributed by atoms with E-state index in [1.54, 1.807) is 34.0 Å². The molecule has 0 saturated carbocycles. The summed E-state index contributed by atoms with van der Waals surface area (Å²) >= 11 is 16.4. The quantitative estimate of drug-likeness (QED) is 0.0774. The van der Waals surface area contributed by atoms with E-state index in [1.165, 1.54) is 33.4 Å². The minimum atomic E-state index is -0.571. The fourth-order valence-corrected chi connectivity index (χ4v) is 14.0. The standard InChI is InChI=1S/C26H31N3O3S2.C23H29N3O2S2.C3H4Cl2O/c1-7-15-14-16-21(23-27-17-12-10-11-13-19(17)33-23)24(28-20(30)9-3)34-22(16)18(8-2)29(15)25(31)32-26(4,5)6;1-6-13-12-14-18(21-25-15-10-8-9-11-17(15)29-21)20(24)30-19(14)16(7-2)26(13)22(27)28-23(3,4)5;4-2-1-3(5)6/h9-13,15,18H,3,7-8,14H2,1-2,4-6H3,(H,28,30);8-11,13,16H,6-7,12,24H2,1-5H3;1-2H2. The van der Waals surface area contributed by atoms with Crippen LogP contribution in [0.2, 0.25) is 0 Å². The molecule has 0 radical (unpaired) electrons. The smallest absolute Gasteiger partial charge is 0.411 e. The Hall–Kier alpha value is -4.58. The average Bonchev–Trinajstić information content (AvgIpc) is 4.08. The molecule has 70 heavy (non-hydrogen) atoms. The van der Waals surface area contributed by atoms with Crippen molar-refractivity contribution >= 4 is 122 Å². The molecule has 6 heterocycles. The number of hydrogen-bond acceptors (Lipinski definition) is 13. The number of hydrogen-bond donors (Lipinski definition) is 2. The Balaban J connectivity index is 0.000000207. The molecule has 2 aromatic carbocycles. The number of benzene rings is 2. The second-order valence-corrected chi connectivity index (χ2v) is 23.9. The molecule has 4 unspecified atom stereocenters. The molecule has 18 heteroatoms. The van der Waals surface area contributed by atoms with E-state index in [4.69, 9.17) is 48.4 Å². The van der Waals surface area contributed by atoms with Crippen molar-refractivity contribution in [3.05, 3.63) is 82.1 Å². The minimum absolute atomic E-state index is 0.00187. The summed E-state index contributed by atoms with van der Waals surface area (Å²) in [6.45, 7) is 23.5. The maximum Gasteiger partial charge on any atom is 0.411 e. The summed E-state index contributed by atoms with van der Waals surface area (Å²) < 4.78 is 13.8. The molecule has 0 saturated heterocycles. The Morgan fingerprint density at radius 1 is 0.729 bits per heavy atom. The van der Waals surface area contributed by atoms with Crippen molar-refractivity contribution in [2.45, 2.75) is 150 Å². The number of anilines is 2.